The first-order valence-electron chi connectivity index (χ1n) is 8.16. The van der Waals surface area contributed by atoms with Crippen LogP contribution >= 0.6 is 7.82 Å². The first kappa shape index (κ1) is 21.1. The molecule has 0 amide bonds. The highest BCUT2D eigenvalue weighted by atomic mass is 31.2. The zero-order chi connectivity index (χ0) is 16.4. The van der Waals surface area contributed by atoms with Crippen molar-refractivity contribution in [3.8, 4) is 0 Å². The lowest BCUT2D eigenvalue weighted by Crippen LogP contribution is -2.42. The van der Waals surface area contributed by atoms with Crippen LogP contribution in [0.25, 0.3) is 0 Å². The van der Waals surface area contributed by atoms with E-state index in [2.05, 4.69) is 6.92 Å². The van der Waals surface area contributed by atoms with E-state index in [9.17, 15) is 9.46 Å². The van der Waals surface area contributed by atoms with Crippen molar-refractivity contribution in [3.05, 3.63) is 0 Å². The van der Waals surface area contributed by atoms with E-state index in [-0.39, 0.29) is 0 Å². The third-order valence-corrected chi connectivity index (χ3v) is 3.98. The van der Waals surface area contributed by atoms with Gasteiger partial charge in [0, 0.05) is 0 Å². The minimum Gasteiger partial charge on any atom is -0.756 e. The fraction of sp³-hybridized carbons (Fsp3) is 1.00. The number of hydrogen-bond acceptors (Lipinski definition) is 3. The second-order valence-corrected chi connectivity index (χ2v) is 8.08. The van der Waals surface area contributed by atoms with Crippen molar-refractivity contribution in [1.82, 2.24) is 0 Å². The Balaban J connectivity index is 3.88. The smallest absolute Gasteiger partial charge is 0.265 e. The largest absolute Gasteiger partial charge is 0.756 e. The third-order valence-electron chi connectivity index (χ3n) is 3.41. The molecule has 0 radical (unpaired) electrons. The molecule has 0 aliphatic carbocycles. The van der Waals surface area contributed by atoms with Crippen LogP contribution < -0.4 is 4.89 Å². The fourth-order valence-electron chi connectivity index (χ4n) is 2.48. The molecular weight excluding hydrogens is 289 g/mol. The lowest BCUT2D eigenvalue weighted by atomic mass is 10.1. The van der Waals surface area contributed by atoms with Crippen LogP contribution in [0.2, 0.25) is 0 Å². The Morgan fingerprint density at radius 3 is 1.95 bits per heavy atom. The Morgan fingerprint density at radius 1 is 1.05 bits per heavy atom. The van der Waals surface area contributed by atoms with Crippen molar-refractivity contribution in [3.63, 3.8) is 0 Å². The molecular formula is C15H34NO4P. The number of likely N-dealkylation sites (N-methyl/N-ethyl adjacent to an activating group) is 1. The maximum absolute atomic E-state index is 10.9. The van der Waals surface area contributed by atoms with Crippen molar-refractivity contribution >= 4 is 7.82 Å². The van der Waals surface area contributed by atoms with Crippen molar-refractivity contribution in [2.45, 2.75) is 70.8 Å². The van der Waals surface area contributed by atoms with Crippen molar-refractivity contribution < 1.29 is 23.4 Å². The molecule has 5 nitrogen and oxygen atoms in total. The molecule has 0 aliphatic heterocycles. The van der Waals surface area contributed by atoms with E-state index < -0.39 is 13.9 Å². The molecule has 0 saturated carbocycles. The Bertz CT molecular complexity index is 299. The van der Waals surface area contributed by atoms with Crippen molar-refractivity contribution in [2.75, 3.05) is 27.7 Å². The molecule has 0 heterocycles. The van der Waals surface area contributed by atoms with Gasteiger partial charge in [-0.05, 0) is 6.42 Å². The SMILES string of the molecule is CCCCCCCCCCC(C[N+](C)(C)C)OP(=O)([O-])O. The highest BCUT2D eigenvalue weighted by Crippen LogP contribution is 2.34. The van der Waals surface area contributed by atoms with E-state index in [4.69, 9.17) is 9.42 Å². The van der Waals surface area contributed by atoms with E-state index in [1.807, 2.05) is 21.1 Å². The van der Waals surface area contributed by atoms with Gasteiger partial charge in [-0.3, -0.25) is 4.57 Å². The fourth-order valence-corrected chi connectivity index (χ4v) is 3.03. The summed E-state index contributed by atoms with van der Waals surface area (Å²) >= 11 is 0. The zero-order valence-electron chi connectivity index (χ0n) is 14.2. The molecule has 2 atom stereocenters. The monoisotopic (exact) mass is 323 g/mol. The van der Waals surface area contributed by atoms with Crippen LogP contribution in [0.15, 0.2) is 0 Å². The Morgan fingerprint density at radius 2 is 1.52 bits per heavy atom. The van der Waals surface area contributed by atoms with Gasteiger partial charge in [-0.25, -0.2) is 0 Å². The van der Waals surface area contributed by atoms with Crippen molar-refractivity contribution in [2.24, 2.45) is 0 Å². The summed E-state index contributed by atoms with van der Waals surface area (Å²) < 4.78 is 16.3. The molecule has 0 spiro atoms. The molecule has 128 valence electrons. The summed E-state index contributed by atoms with van der Waals surface area (Å²) in [5.41, 5.74) is 0. The first-order chi connectivity index (χ1) is 9.64. The standard InChI is InChI=1S/C15H34NO4P/c1-5-6-7-8-9-10-11-12-13-15(14-16(2,3)4)20-21(17,18)19/h15H,5-14H2,1-4H3,(H-,17,18,19). The maximum Gasteiger partial charge on any atom is 0.265 e. The van der Waals surface area contributed by atoms with Gasteiger partial charge >= 0.3 is 0 Å². The molecule has 0 bridgehead atoms. The maximum atomic E-state index is 10.9. The van der Waals surface area contributed by atoms with E-state index in [0.717, 1.165) is 12.8 Å². The van der Waals surface area contributed by atoms with Crippen LogP contribution in [0.3, 0.4) is 0 Å². The number of hydrogen-bond donors (Lipinski definition) is 1. The normalized spacial score (nSPS) is 16.7. The number of unbranched alkanes of at least 4 members (excludes halogenated alkanes) is 7. The average molecular weight is 323 g/mol. The Hall–Kier alpha value is 0.0700. The van der Waals surface area contributed by atoms with Crippen LogP contribution in [-0.2, 0) is 9.09 Å². The molecule has 1 N–H and O–H groups in total. The molecule has 2 unspecified atom stereocenters. The Labute approximate surface area is 130 Å². The van der Waals surface area contributed by atoms with Crippen LogP contribution in [-0.4, -0.2) is 43.2 Å². The Kier molecular flexibility index (Phi) is 10.8. The van der Waals surface area contributed by atoms with Gasteiger partial charge in [0.15, 0.2) is 0 Å². The first-order valence-corrected chi connectivity index (χ1v) is 9.66. The highest BCUT2D eigenvalue weighted by Gasteiger charge is 2.22. The number of phosphoric acid groups is 1. The minimum atomic E-state index is -4.64. The van der Waals surface area contributed by atoms with Gasteiger partial charge in [-0.2, -0.15) is 0 Å². The number of nitrogens with zero attached hydrogens (tertiary/aromatic N) is 1. The molecule has 21 heavy (non-hydrogen) atoms. The van der Waals surface area contributed by atoms with Gasteiger partial charge in [0.25, 0.3) is 7.82 Å². The number of rotatable bonds is 13. The summed E-state index contributed by atoms with van der Waals surface area (Å²) in [6, 6.07) is 0. The summed E-state index contributed by atoms with van der Waals surface area (Å²) in [4.78, 5) is 19.8. The minimum absolute atomic E-state index is 0.432. The van der Waals surface area contributed by atoms with Gasteiger partial charge in [-0.1, -0.05) is 58.3 Å². The van der Waals surface area contributed by atoms with E-state index in [1.54, 1.807) is 0 Å². The van der Waals surface area contributed by atoms with Gasteiger partial charge in [0.1, 0.15) is 12.6 Å². The second-order valence-electron chi connectivity index (χ2n) is 6.93. The third kappa shape index (κ3) is 16.3. The number of phosphoric ester groups is 1. The second kappa shape index (κ2) is 10.7. The van der Waals surface area contributed by atoms with Crippen LogP contribution in [0.4, 0.5) is 0 Å². The quantitative estimate of drug-likeness (QED) is 0.321. The number of quaternary nitrogens is 1. The van der Waals surface area contributed by atoms with Gasteiger partial charge in [0.05, 0.1) is 21.1 Å². The van der Waals surface area contributed by atoms with E-state index in [0.29, 0.717) is 17.4 Å². The van der Waals surface area contributed by atoms with Crippen LogP contribution in [0.1, 0.15) is 64.7 Å². The molecule has 0 fully saturated rings. The van der Waals surface area contributed by atoms with Crippen LogP contribution in [0, 0.1) is 0 Å². The molecule has 0 aromatic carbocycles. The molecule has 0 rings (SSSR count). The summed E-state index contributed by atoms with van der Waals surface area (Å²) in [5, 5.41) is 0. The molecule has 0 aromatic heterocycles. The van der Waals surface area contributed by atoms with E-state index >= 15 is 0 Å². The molecule has 0 saturated heterocycles. The van der Waals surface area contributed by atoms with Crippen LogP contribution in [0.5, 0.6) is 0 Å². The van der Waals surface area contributed by atoms with Crippen molar-refractivity contribution in [1.29, 1.82) is 0 Å². The lowest BCUT2D eigenvalue weighted by molar-refractivity contribution is -0.873. The van der Waals surface area contributed by atoms with Gasteiger partial charge in [0.2, 0.25) is 0 Å². The van der Waals surface area contributed by atoms with Gasteiger partial charge in [-0.15, -0.1) is 0 Å². The predicted octanol–water partition coefficient (Wildman–Crippen LogP) is 3.07. The summed E-state index contributed by atoms with van der Waals surface area (Å²) in [7, 11) is 1.31. The summed E-state index contributed by atoms with van der Waals surface area (Å²) in [5.74, 6) is 0. The molecule has 6 heteroatoms. The topological polar surface area (TPSA) is 69.6 Å². The highest BCUT2D eigenvalue weighted by molar-refractivity contribution is 7.44. The van der Waals surface area contributed by atoms with Gasteiger partial charge < -0.3 is 18.8 Å². The predicted molar refractivity (Wildman–Crippen MR) is 84.8 cm³/mol. The summed E-state index contributed by atoms with van der Waals surface area (Å²) in [6.45, 7) is 2.78. The molecule has 0 aromatic rings. The molecule has 0 aliphatic rings. The average Bonchev–Trinajstić information content (AvgIpc) is 2.28. The lowest BCUT2D eigenvalue weighted by Gasteiger charge is -2.31. The summed E-state index contributed by atoms with van der Waals surface area (Å²) in [6.07, 6.45) is 9.91. The van der Waals surface area contributed by atoms with E-state index in [1.165, 1.54) is 38.5 Å². The zero-order valence-corrected chi connectivity index (χ0v) is 15.1.